The van der Waals surface area contributed by atoms with Crippen LogP contribution in [0.1, 0.15) is 24.2 Å². The fourth-order valence-corrected chi connectivity index (χ4v) is 0.791. The van der Waals surface area contributed by atoms with Crippen molar-refractivity contribution in [3.63, 3.8) is 0 Å². The summed E-state index contributed by atoms with van der Waals surface area (Å²) in [5, 5.41) is 18.5. The highest BCUT2D eigenvalue weighted by Crippen LogP contribution is 2.16. The Kier molecular flexibility index (Phi) is 4.94. The summed E-state index contributed by atoms with van der Waals surface area (Å²) in [6, 6.07) is 2.37. The zero-order chi connectivity index (χ0) is 12.0. The molecule has 0 atom stereocenters. The van der Waals surface area contributed by atoms with Crippen LogP contribution < -0.4 is 0 Å². The van der Waals surface area contributed by atoms with E-state index in [1.165, 1.54) is 0 Å². The van der Waals surface area contributed by atoms with E-state index in [0.717, 1.165) is 12.1 Å². The van der Waals surface area contributed by atoms with Crippen LogP contribution in [0.15, 0.2) is 18.2 Å². The minimum absolute atomic E-state index is 0.470. The number of aromatic carboxylic acids is 1. The predicted molar refractivity (Wildman–Crippen MR) is 51.4 cm³/mol. The number of nitrogens with zero attached hydrogens (tertiary/aromatic N) is 1. The van der Waals surface area contributed by atoms with Crippen molar-refractivity contribution < 1.29 is 19.2 Å². The SMILES string of the molecule is CC.O=C(O)c1ccc([N+](=O)[O-])cc1F. The molecule has 15 heavy (non-hydrogen) atoms. The molecule has 82 valence electrons. The van der Waals surface area contributed by atoms with Gasteiger partial charge < -0.3 is 5.11 Å². The summed E-state index contributed by atoms with van der Waals surface area (Å²) in [4.78, 5) is 19.6. The number of carboxylic acid groups (broad SMARTS) is 1. The molecule has 0 radical (unpaired) electrons. The quantitative estimate of drug-likeness (QED) is 0.606. The summed E-state index contributed by atoms with van der Waals surface area (Å²) in [5.74, 6) is -2.56. The summed E-state index contributed by atoms with van der Waals surface area (Å²) in [6.45, 7) is 4.00. The molecule has 0 aliphatic rings. The molecule has 6 heteroatoms. The maximum Gasteiger partial charge on any atom is 0.338 e. The average molecular weight is 215 g/mol. The molecule has 0 saturated carbocycles. The molecule has 0 aliphatic carbocycles. The van der Waals surface area contributed by atoms with Gasteiger partial charge in [-0.25, -0.2) is 9.18 Å². The average Bonchev–Trinajstić information content (AvgIpc) is 2.20. The Morgan fingerprint density at radius 3 is 2.33 bits per heavy atom. The molecule has 0 heterocycles. The Balaban J connectivity index is 0.000000921. The first-order chi connectivity index (χ1) is 7.02. The number of non-ortho nitro benzene ring substituents is 1. The molecule has 0 spiro atoms. The van der Waals surface area contributed by atoms with Gasteiger partial charge in [-0.2, -0.15) is 0 Å². The molecule has 0 amide bonds. The number of carboxylic acids is 1. The molecule has 5 nitrogen and oxygen atoms in total. The van der Waals surface area contributed by atoms with Crippen LogP contribution in [0.5, 0.6) is 0 Å². The van der Waals surface area contributed by atoms with Crippen LogP contribution in [0.25, 0.3) is 0 Å². The van der Waals surface area contributed by atoms with Gasteiger partial charge in [0.15, 0.2) is 0 Å². The van der Waals surface area contributed by atoms with E-state index >= 15 is 0 Å². The standard InChI is InChI=1S/C7H4FNO4.C2H6/c8-6-3-4(9(12)13)1-2-5(6)7(10)11;1-2/h1-3H,(H,10,11);1-2H3. The number of nitro groups is 1. The molecular weight excluding hydrogens is 205 g/mol. The smallest absolute Gasteiger partial charge is 0.338 e. The van der Waals surface area contributed by atoms with E-state index in [9.17, 15) is 19.3 Å². The lowest BCUT2D eigenvalue weighted by Gasteiger charge is -1.95. The Bertz CT molecular complexity index is 378. The van der Waals surface area contributed by atoms with Crippen LogP contribution in [-0.4, -0.2) is 16.0 Å². The molecule has 1 aromatic rings. The molecule has 0 aliphatic heterocycles. The van der Waals surface area contributed by atoms with Gasteiger partial charge >= 0.3 is 5.97 Å². The van der Waals surface area contributed by atoms with E-state index in [0.29, 0.717) is 6.07 Å². The van der Waals surface area contributed by atoms with E-state index in [1.54, 1.807) is 0 Å². The molecule has 1 aromatic carbocycles. The van der Waals surface area contributed by atoms with Gasteiger partial charge in [0.1, 0.15) is 5.82 Å². The molecule has 0 fully saturated rings. The van der Waals surface area contributed by atoms with Gasteiger partial charge in [0.2, 0.25) is 0 Å². The lowest BCUT2D eigenvalue weighted by atomic mass is 10.2. The first kappa shape index (κ1) is 13.0. The number of carbonyl (C=O) groups is 1. The van der Waals surface area contributed by atoms with Crippen molar-refractivity contribution >= 4 is 11.7 Å². The Hall–Kier alpha value is -1.98. The van der Waals surface area contributed by atoms with Crippen LogP contribution in [0.3, 0.4) is 0 Å². The lowest BCUT2D eigenvalue weighted by Crippen LogP contribution is -2.01. The maximum atomic E-state index is 12.8. The number of benzene rings is 1. The normalized spacial score (nSPS) is 8.73. The molecule has 0 saturated heterocycles. The highest BCUT2D eigenvalue weighted by atomic mass is 19.1. The minimum Gasteiger partial charge on any atom is -0.478 e. The molecule has 0 unspecified atom stereocenters. The zero-order valence-electron chi connectivity index (χ0n) is 8.23. The van der Waals surface area contributed by atoms with Crippen LogP contribution in [-0.2, 0) is 0 Å². The first-order valence-corrected chi connectivity index (χ1v) is 4.19. The summed E-state index contributed by atoms with van der Waals surface area (Å²) < 4.78 is 12.8. The lowest BCUT2D eigenvalue weighted by molar-refractivity contribution is -0.385. The van der Waals surface area contributed by atoms with Crippen LogP contribution in [0.2, 0.25) is 0 Å². The number of hydrogen-bond acceptors (Lipinski definition) is 3. The van der Waals surface area contributed by atoms with Crippen LogP contribution in [0.4, 0.5) is 10.1 Å². The fourth-order valence-electron chi connectivity index (χ4n) is 0.791. The van der Waals surface area contributed by atoms with E-state index < -0.39 is 28.0 Å². The van der Waals surface area contributed by atoms with Crippen molar-refractivity contribution in [1.29, 1.82) is 0 Å². The summed E-state index contributed by atoms with van der Waals surface area (Å²) >= 11 is 0. The highest BCUT2D eigenvalue weighted by molar-refractivity contribution is 5.88. The minimum atomic E-state index is -1.45. The fraction of sp³-hybridized carbons (Fsp3) is 0.222. The Morgan fingerprint density at radius 2 is 2.00 bits per heavy atom. The predicted octanol–water partition coefficient (Wildman–Crippen LogP) is 2.46. The van der Waals surface area contributed by atoms with Gasteiger partial charge in [-0.3, -0.25) is 10.1 Å². The monoisotopic (exact) mass is 215 g/mol. The van der Waals surface area contributed by atoms with Gasteiger partial charge in [-0.15, -0.1) is 0 Å². The number of rotatable bonds is 2. The second kappa shape index (κ2) is 5.69. The summed E-state index contributed by atoms with van der Waals surface area (Å²) in [5.41, 5.74) is -1.05. The summed E-state index contributed by atoms with van der Waals surface area (Å²) in [7, 11) is 0. The second-order valence-corrected chi connectivity index (χ2v) is 2.23. The van der Waals surface area contributed by atoms with E-state index in [-0.39, 0.29) is 0 Å². The topological polar surface area (TPSA) is 80.4 Å². The third-order valence-corrected chi connectivity index (χ3v) is 1.39. The van der Waals surface area contributed by atoms with Crippen molar-refractivity contribution in [3.8, 4) is 0 Å². The first-order valence-electron chi connectivity index (χ1n) is 4.19. The third-order valence-electron chi connectivity index (χ3n) is 1.39. The zero-order valence-corrected chi connectivity index (χ0v) is 8.23. The van der Waals surface area contributed by atoms with Gasteiger partial charge in [-0.1, -0.05) is 13.8 Å². The second-order valence-electron chi connectivity index (χ2n) is 2.23. The van der Waals surface area contributed by atoms with Crippen molar-refractivity contribution in [2.24, 2.45) is 0 Å². The van der Waals surface area contributed by atoms with E-state index in [4.69, 9.17) is 5.11 Å². The molecule has 1 rings (SSSR count). The van der Waals surface area contributed by atoms with E-state index in [2.05, 4.69) is 0 Å². The van der Waals surface area contributed by atoms with Crippen molar-refractivity contribution in [3.05, 3.63) is 39.7 Å². The Labute approximate surface area is 85.3 Å². The third kappa shape index (κ3) is 3.34. The largest absolute Gasteiger partial charge is 0.478 e. The molecule has 1 N–H and O–H groups in total. The number of halogens is 1. The van der Waals surface area contributed by atoms with Gasteiger partial charge in [0.25, 0.3) is 5.69 Å². The van der Waals surface area contributed by atoms with Crippen LogP contribution >= 0.6 is 0 Å². The Morgan fingerprint density at radius 1 is 1.47 bits per heavy atom. The van der Waals surface area contributed by atoms with Crippen molar-refractivity contribution in [2.45, 2.75) is 13.8 Å². The molecular formula is C9H10FNO4. The summed E-state index contributed by atoms with van der Waals surface area (Å²) in [6.07, 6.45) is 0. The van der Waals surface area contributed by atoms with Crippen molar-refractivity contribution in [1.82, 2.24) is 0 Å². The van der Waals surface area contributed by atoms with Gasteiger partial charge in [0.05, 0.1) is 16.6 Å². The number of nitro benzene ring substituents is 1. The molecule has 0 bridgehead atoms. The van der Waals surface area contributed by atoms with Gasteiger partial charge in [-0.05, 0) is 6.07 Å². The molecule has 0 aromatic heterocycles. The van der Waals surface area contributed by atoms with Crippen molar-refractivity contribution in [2.75, 3.05) is 0 Å². The maximum absolute atomic E-state index is 12.8. The van der Waals surface area contributed by atoms with Crippen LogP contribution in [0, 0.1) is 15.9 Å². The number of hydrogen-bond donors (Lipinski definition) is 1. The highest BCUT2D eigenvalue weighted by Gasteiger charge is 2.14. The van der Waals surface area contributed by atoms with E-state index in [1.807, 2.05) is 13.8 Å². The van der Waals surface area contributed by atoms with Gasteiger partial charge in [0, 0.05) is 6.07 Å².